The third-order valence-corrected chi connectivity index (χ3v) is 5.86. The average Bonchev–Trinajstić information content (AvgIpc) is 3.04. The minimum absolute atomic E-state index is 0.00624. The SMILES string of the molecule is N#CC(=C(O)CSc1ncc(C(F)(F)F)cc1Cl)c1nc2ccccc2s1. The van der Waals surface area contributed by atoms with Crippen molar-refractivity contribution in [1.29, 1.82) is 5.26 Å². The van der Waals surface area contributed by atoms with Crippen LogP contribution in [0.2, 0.25) is 5.02 Å². The number of aromatic nitrogens is 2. The van der Waals surface area contributed by atoms with Crippen molar-refractivity contribution in [3.8, 4) is 6.07 Å². The van der Waals surface area contributed by atoms with Crippen LogP contribution >= 0.6 is 34.7 Å². The van der Waals surface area contributed by atoms with Gasteiger partial charge in [0.25, 0.3) is 0 Å². The van der Waals surface area contributed by atoms with E-state index in [9.17, 15) is 23.5 Å². The summed E-state index contributed by atoms with van der Waals surface area (Å²) in [6.07, 6.45) is -3.86. The second-order valence-corrected chi connectivity index (χ2v) is 7.62. The molecule has 0 spiro atoms. The topological polar surface area (TPSA) is 69.8 Å². The number of rotatable bonds is 4. The first-order valence-electron chi connectivity index (χ1n) is 7.33. The summed E-state index contributed by atoms with van der Waals surface area (Å²) in [5.41, 5.74) is -0.242. The Morgan fingerprint density at radius 3 is 2.70 bits per heavy atom. The summed E-state index contributed by atoms with van der Waals surface area (Å²) in [6, 6.07) is 10.00. The summed E-state index contributed by atoms with van der Waals surface area (Å²) in [7, 11) is 0. The predicted molar refractivity (Wildman–Crippen MR) is 99.8 cm³/mol. The monoisotopic (exact) mass is 427 g/mol. The van der Waals surface area contributed by atoms with Gasteiger partial charge in [-0.2, -0.15) is 18.4 Å². The van der Waals surface area contributed by atoms with Crippen LogP contribution in [0.1, 0.15) is 10.6 Å². The molecule has 0 saturated carbocycles. The van der Waals surface area contributed by atoms with Crippen molar-refractivity contribution in [2.24, 2.45) is 0 Å². The molecule has 0 fully saturated rings. The summed E-state index contributed by atoms with van der Waals surface area (Å²) in [4.78, 5) is 8.01. The van der Waals surface area contributed by atoms with E-state index in [1.165, 1.54) is 11.3 Å². The number of allylic oxidation sites excluding steroid dienone is 1. The molecule has 0 amide bonds. The number of fused-ring (bicyclic) bond motifs is 1. The van der Waals surface area contributed by atoms with Gasteiger partial charge in [-0.3, -0.25) is 0 Å². The van der Waals surface area contributed by atoms with Gasteiger partial charge in [0.15, 0.2) is 0 Å². The normalized spacial score (nSPS) is 12.7. The number of nitriles is 1. The van der Waals surface area contributed by atoms with Gasteiger partial charge in [-0.1, -0.05) is 35.5 Å². The summed E-state index contributed by atoms with van der Waals surface area (Å²) in [5.74, 6) is -0.337. The number of thiazole rings is 1. The second-order valence-electron chi connectivity index (χ2n) is 5.22. The summed E-state index contributed by atoms with van der Waals surface area (Å²) >= 11 is 8.03. The molecule has 0 radical (unpaired) electrons. The summed E-state index contributed by atoms with van der Waals surface area (Å²) < 4.78 is 38.8. The van der Waals surface area contributed by atoms with Crippen LogP contribution in [0.3, 0.4) is 0 Å². The summed E-state index contributed by atoms with van der Waals surface area (Å²) in [6.45, 7) is 0. The van der Waals surface area contributed by atoms with E-state index in [2.05, 4.69) is 9.97 Å². The van der Waals surface area contributed by atoms with E-state index in [0.29, 0.717) is 16.7 Å². The number of hydrogen-bond acceptors (Lipinski definition) is 6. The van der Waals surface area contributed by atoms with Crippen LogP contribution in [-0.2, 0) is 6.18 Å². The molecule has 27 heavy (non-hydrogen) atoms. The maximum absolute atomic E-state index is 12.6. The number of aliphatic hydroxyl groups excluding tert-OH is 1. The van der Waals surface area contributed by atoms with Gasteiger partial charge in [-0.25, -0.2) is 9.97 Å². The highest BCUT2D eigenvalue weighted by Crippen LogP contribution is 2.35. The zero-order valence-corrected chi connectivity index (χ0v) is 15.7. The Hall–Kier alpha value is -2.28. The molecule has 2 aromatic heterocycles. The van der Waals surface area contributed by atoms with Crippen molar-refractivity contribution in [2.45, 2.75) is 11.2 Å². The molecule has 0 aliphatic heterocycles. The van der Waals surface area contributed by atoms with E-state index in [1.54, 1.807) is 6.07 Å². The first-order chi connectivity index (χ1) is 12.8. The predicted octanol–water partition coefficient (Wildman–Crippen LogP) is 5.95. The average molecular weight is 428 g/mol. The van der Waals surface area contributed by atoms with E-state index in [-0.39, 0.29) is 27.1 Å². The Morgan fingerprint density at radius 1 is 1.33 bits per heavy atom. The van der Waals surface area contributed by atoms with Gasteiger partial charge in [0, 0.05) is 6.20 Å². The first-order valence-corrected chi connectivity index (χ1v) is 9.51. The number of benzene rings is 1. The first kappa shape index (κ1) is 19.5. The van der Waals surface area contributed by atoms with E-state index in [1.807, 2.05) is 24.3 Å². The van der Waals surface area contributed by atoms with E-state index < -0.39 is 11.7 Å². The number of thioether (sulfide) groups is 1. The van der Waals surface area contributed by atoms with Crippen molar-refractivity contribution in [2.75, 3.05) is 5.75 Å². The highest BCUT2D eigenvalue weighted by Gasteiger charge is 2.31. The highest BCUT2D eigenvalue weighted by molar-refractivity contribution is 7.99. The number of hydrogen-bond donors (Lipinski definition) is 1. The highest BCUT2D eigenvalue weighted by atomic mass is 35.5. The quantitative estimate of drug-likeness (QED) is 0.316. The van der Waals surface area contributed by atoms with Gasteiger partial charge in [0.1, 0.15) is 27.4 Å². The minimum atomic E-state index is -4.54. The molecule has 0 aliphatic rings. The summed E-state index contributed by atoms with van der Waals surface area (Å²) in [5, 5.41) is 20.0. The number of halogens is 4. The lowest BCUT2D eigenvalue weighted by atomic mass is 10.2. The fourth-order valence-electron chi connectivity index (χ4n) is 2.11. The van der Waals surface area contributed by atoms with Crippen LogP contribution in [0.25, 0.3) is 15.8 Å². The third-order valence-electron chi connectivity index (χ3n) is 3.39. The van der Waals surface area contributed by atoms with E-state index in [4.69, 9.17) is 11.6 Å². The maximum atomic E-state index is 12.6. The zero-order valence-electron chi connectivity index (χ0n) is 13.3. The smallest absolute Gasteiger partial charge is 0.417 e. The molecule has 0 saturated heterocycles. The van der Waals surface area contributed by atoms with E-state index in [0.717, 1.165) is 22.5 Å². The standard InChI is InChI=1S/C17H9ClF3N3OS2/c18-11-5-9(17(19,20)21)7-23-16(11)26-8-13(25)10(6-22)15-24-12-3-1-2-4-14(12)27-15/h1-5,7,25H,8H2. The Morgan fingerprint density at radius 2 is 2.07 bits per heavy atom. The maximum Gasteiger partial charge on any atom is 0.417 e. The number of para-hydroxylation sites is 1. The molecule has 0 aliphatic carbocycles. The lowest BCUT2D eigenvalue weighted by Crippen LogP contribution is -2.05. The van der Waals surface area contributed by atoms with Gasteiger partial charge in [0.2, 0.25) is 0 Å². The van der Waals surface area contributed by atoms with Gasteiger partial charge in [-0.05, 0) is 18.2 Å². The molecule has 10 heteroatoms. The van der Waals surface area contributed by atoms with Crippen LogP contribution in [0.4, 0.5) is 13.2 Å². The molecule has 0 bridgehead atoms. The van der Waals surface area contributed by atoms with Crippen LogP contribution < -0.4 is 0 Å². The number of pyridine rings is 1. The van der Waals surface area contributed by atoms with Gasteiger partial charge < -0.3 is 5.11 Å². The fourth-order valence-corrected chi connectivity index (χ4v) is 4.16. The minimum Gasteiger partial charge on any atom is -0.510 e. The van der Waals surface area contributed by atoms with Crippen molar-refractivity contribution in [1.82, 2.24) is 9.97 Å². The van der Waals surface area contributed by atoms with Crippen molar-refractivity contribution >= 4 is 50.5 Å². The molecular formula is C17H9ClF3N3OS2. The molecule has 138 valence electrons. The zero-order chi connectivity index (χ0) is 19.6. The lowest BCUT2D eigenvalue weighted by molar-refractivity contribution is -0.137. The third kappa shape index (κ3) is 4.35. The van der Waals surface area contributed by atoms with Gasteiger partial charge in [-0.15, -0.1) is 11.3 Å². The number of alkyl halides is 3. The largest absolute Gasteiger partial charge is 0.510 e. The van der Waals surface area contributed by atoms with Crippen LogP contribution in [0.5, 0.6) is 0 Å². The Balaban J connectivity index is 1.82. The molecule has 0 unspecified atom stereocenters. The molecule has 4 nitrogen and oxygen atoms in total. The van der Waals surface area contributed by atoms with Crippen molar-refractivity contribution < 1.29 is 18.3 Å². The van der Waals surface area contributed by atoms with Crippen LogP contribution in [0.15, 0.2) is 47.3 Å². The number of nitrogens with zero attached hydrogens (tertiary/aromatic N) is 3. The van der Waals surface area contributed by atoms with Crippen LogP contribution in [0, 0.1) is 11.3 Å². The molecule has 2 heterocycles. The van der Waals surface area contributed by atoms with Crippen LogP contribution in [-0.4, -0.2) is 20.8 Å². The molecular weight excluding hydrogens is 419 g/mol. The van der Waals surface area contributed by atoms with Gasteiger partial charge in [0.05, 0.1) is 26.6 Å². The van der Waals surface area contributed by atoms with Gasteiger partial charge >= 0.3 is 6.18 Å². The van der Waals surface area contributed by atoms with Crippen molar-refractivity contribution in [3.63, 3.8) is 0 Å². The Bertz CT molecular complexity index is 1040. The number of aliphatic hydroxyl groups is 1. The second kappa shape index (κ2) is 7.76. The molecule has 1 N–H and O–H groups in total. The lowest BCUT2D eigenvalue weighted by Gasteiger charge is -2.09. The Labute approximate surface area is 164 Å². The molecule has 0 atom stereocenters. The fraction of sp³-hybridized carbons (Fsp3) is 0.118. The molecule has 3 aromatic rings. The van der Waals surface area contributed by atoms with Crippen molar-refractivity contribution in [3.05, 3.63) is 57.9 Å². The Kier molecular flexibility index (Phi) is 5.60. The van der Waals surface area contributed by atoms with E-state index >= 15 is 0 Å². The molecule has 3 rings (SSSR count). The molecule has 1 aromatic carbocycles.